The number of benzene rings is 1. The molecular formula is C19H23FN4S. The Labute approximate surface area is 152 Å². The molecule has 0 bridgehead atoms. The lowest BCUT2D eigenvalue weighted by Crippen LogP contribution is -2.29. The number of halogens is 1. The Bertz CT molecular complexity index is 806. The maximum Gasteiger partial charge on any atom is 0.154 e. The van der Waals surface area contributed by atoms with Crippen LogP contribution in [0.5, 0.6) is 0 Å². The summed E-state index contributed by atoms with van der Waals surface area (Å²) in [7, 11) is 3.99. The first-order valence-electron chi connectivity index (χ1n) is 8.27. The highest BCUT2D eigenvalue weighted by molar-refractivity contribution is 8.13. The van der Waals surface area contributed by atoms with Crippen LogP contribution in [0.15, 0.2) is 41.5 Å². The van der Waals surface area contributed by atoms with Crippen LogP contribution in [-0.2, 0) is 12.0 Å². The van der Waals surface area contributed by atoms with E-state index >= 15 is 0 Å². The second-order valence-corrected chi connectivity index (χ2v) is 7.79. The fourth-order valence-electron chi connectivity index (χ4n) is 3.14. The molecular weight excluding hydrogens is 335 g/mol. The molecule has 25 heavy (non-hydrogen) atoms. The highest BCUT2D eigenvalue weighted by atomic mass is 32.2. The minimum Gasteiger partial charge on any atom is -0.379 e. The van der Waals surface area contributed by atoms with Crippen molar-refractivity contribution in [3.63, 3.8) is 0 Å². The molecule has 2 N–H and O–H groups in total. The second kappa shape index (κ2) is 7.04. The minimum absolute atomic E-state index is 0.233. The summed E-state index contributed by atoms with van der Waals surface area (Å²) in [5.41, 5.74) is 8.94. The molecule has 0 aliphatic carbocycles. The summed E-state index contributed by atoms with van der Waals surface area (Å²) in [5.74, 6) is 0.615. The molecule has 0 radical (unpaired) electrons. The SMILES string of the molecule is CN(C)c1cccnc1Cc1ccc(F)c([C@]2(C)CCSC(N)=N2)c1. The number of anilines is 1. The molecule has 132 valence electrons. The number of nitrogens with zero attached hydrogens (tertiary/aromatic N) is 3. The van der Waals surface area contributed by atoms with E-state index in [-0.39, 0.29) is 5.82 Å². The van der Waals surface area contributed by atoms with Gasteiger partial charge in [0.2, 0.25) is 0 Å². The zero-order valence-electron chi connectivity index (χ0n) is 14.8. The fourth-order valence-corrected chi connectivity index (χ4v) is 4.12. The Balaban J connectivity index is 1.97. The van der Waals surface area contributed by atoms with Crippen LogP contribution in [0.2, 0.25) is 0 Å². The molecule has 1 atom stereocenters. The molecule has 1 aromatic heterocycles. The average molecular weight is 358 g/mol. The first-order chi connectivity index (χ1) is 11.9. The predicted molar refractivity (Wildman–Crippen MR) is 104 cm³/mol. The summed E-state index contributed by atoms with van der Waals surface area (Å²) >= 11 is 1.52. The van der Waals surface area contributed by atoms with Crippen molar-refractivity contribution in [1.29, 1.82) is 0 Å². The first-order valence-corrected chi connectivity index (χ1v) is 9.26. The Morgan fingerprint density at radius 3 is 2.84 bits per heavy atom. The molecule has 0 saturated carbocycles. The normalized spacial score (nSPS) is 20.2. The van der Waals surface area contributed by atoms with Gasteiger partial charge in [-0.2, -0.15) is 0 Å². The van der Waals surface area contributed by atoms with Gasteiger partial charge in [0.1, 0.15) is 5.82 Å². The minimum atomic E-state index is -0.607. The van der Waals surface area contributed by atoms with Crippen molar-refractivity contribution < 1.29 is 4.39 Å². The van der Waals surface area contributed by atoms with Crippen LogP contribution >= 0.6 is 11.8 Å². The van der Waals surface area contributed by atoms with Crippen molar-refractivity contribution in [2.75, 3.05) is 24.7 Å². The third kappa shape index (κ3) is 3.79. The van der Waals surface area contributed by atoms with Gasteiger partial charge in [-0.15, -0.1) is 0 Å². The molecule has 1 aromatic carbocycles. The monoisotopic (exact) mass is 358 g/mol. The maximum atomic E-state index is 14.5. The van der Waals surface area contributed by atoms with E-state index in [0.717, 1.165) is 29.1 Å². The summed E-state index contributed by atoms with van der Waals surface area (Å²) in [4.78, 5) is 11.1. The molecule has 2 aromatic rings. The summed E-state index contributed by atoms with van der Waals surface area (Å²) in [5, 5.41) is 0.526. The van der Waals surface area contributed by atoms with Crippen molar-refractivity contribution in [3.8, 4) is 0 Å². The van der Waals surface area contributed by atoms with Gasteiger partial charge in [0.15, 0.2) is 5.17 Å². The van der Waals surface area contributed by atoms with Crippen LogP contribution < -0.4 is 10.6 Å². The summed E-state index contributed by atoms with van der Waals surface area (Å²) in [6, 6.07) is 9.23. The Kier molecular flexibility index (Phi) is 4.99. The number of amidine groups is 1. The highest BCUT2D eigenvalue weighted by Crippen LogP contribution is 2.37. The largest absolute Gasteiger partial charge is 0.379 e. The van der Waals surface area contributed by atoms with Crippen LogP contribution in [0.1, 0.15) is 30.2 Å². The van der Waals surface area contributed by atoms with Gasteiger partial charge in [0, 0.05) is 38.0 Å². The lowest BCUT2D eigenvalue weighted by molar-refractivity contribution is 0.449. The third-order valence-electron chi connectivity index (χ3n) is 4.53. The number of aliphatic imine (C=N–C) groups is 1. The third-order valence-corrected chi connectivity index (χ3v) is 5.32. The van der Waals surface area contributed by atoms with Gasteiger partial charge in [0.25, 0.3) is 0 Å². The van der Waals surface area contributed by atoms with E-state index in [9.17, 15) is 4.39 Å². The topological polar surface area (TPSA) is 54.5 Å². The quantitative estimate of drug-likeness (QED) is 0.908. The zero-order valence-corrected chi connectivity index (χ0v) is 15.6. The molecule has 0 spiro atoms. The Morgan fingerprint density at radius 2 is 2.12 bits per heavy atom. The molecule has 1 aliphatic rings. The van der Waals surface area contributed by atoms with E-state index in [1.54, 1.807) is 6.20 Å². The van der Waals surface area contributed by atoms with Gasteiger partial charge in [-0.05, 0) is 37.1 Å². The average Bonchev–Trinajstić information content (AvgIpc) is 2.56. The number of hydrogen-bond donors (Lipinski definition) is 1. The summed E-state index contributed by atoms with van der Waals surface area (Å²) in [6.07, 6.45) is 3.20. The maximum absolute atomic E-state index is 14.5. The number of rotatable bonds is 4. The fraction of sp³-hybridized carbons (Fsp3) is 0.368. The van der Waals surface area contributed by atoms with E-state index in [0.29, 0.717) is 17.2 Å². The molecule has 0 unspecified atom stereocenters. The lowest BCUT2D eigenvalue weighted by atomic mass is 9.87. The summed E-state index contributed by atoms with van der Waals surface area (Å²) < 4.78 is 14.5. The van der Waals surface area contributed by atoms with Crippen LogP contribution in [0.4, 0.5) is 10.1 Å². The molecule has 0 saturated heterocycles. The Hall–Kier alpha value is -2.08. The standard InChI is InChI=1S/C19H23FN4S/c1-19(8-10-25-18(21)23-19)14-11-13(6-7-15(14)20)12-16-17(24(2)3)5-4-9-22-16/h4-7,9,11H,8,10,12H2,1-3H3,(H2,21,23)/t19-/m0/s1. The van der Waals surface area contributed by atoms with E-state index in [2.05, 4.69) is 9.98 Å². The van der Waals surface area contributed by atoms with E-state index in [1.165, 1.54) is 17.8 Å². The van der Waals surface area contributed by atoms with Crippen molar-refractivity contribution in [2.24, 2.45) is 10.7 Å². The first kappa shape index (κ1) is 17.7. The van der Waals surface area contributed by atoms with Gasteiger partial charge in [0.05, 0.1) is 16.9 Å². The van der Waals surface area contributed by atoms with Gasteiger partial charge >= 0.3 is 0 Å². The van der Waals surface area contributed by atoms with E-state index in [1.807, 2.05) is 50.2 Å². The smallest absolute Gasteiger partial charge is 0.154 e. The zero-order chi connectivity index (χ0) is 18.0. The van der Waals surface area contributed by atoms with Gasteiger partial charge in [-0.25, -0.2) is 4.39 Å². The van der Waals surface area contributed by atoms with Crippen LogP contribution in [0, 0.1) is 5.82 Å². The second-order valence-electron chi connectivity index (χ2n) is 6.68. The van der Waals surface area contributed by atoms with Crippen LogP contribution in [-0.4, -0.2) is 30.0 Å². The van der Waals surface area contributed by atoms with Gasteiger partial charge in [-0.3, -0.25) is 9.98 Å². The highest BCUT2D eigenvalue weighted by Gasteiger charge is 2.32. The van der Waals surface area contributed by atoms with Gasteiger partial charge in [-0.1, -0.05) is 23.9 Å². The molecule has 4 nitrogen and oxygen atoms in total. The van der Waals surface area contributed by atoms with Crippen molar-refractivity contribution in [2.45, 2.75) is 25.3 Å². The van der Waals surface area contributed by atoms with Crippen molar-refractivity contribution in [3.05, 3.63) is 59.2 Å². The lowest BCUT2D eigenvalue weighted by Gasteiger charge is -2.30. The number of thioether (sulfide) groups is 1. The summed E-state index contributed by atoms with van der Waals surface area (Å²) in [6.45, 7) is 1.95. The van der Waals surface area contributed by atoms with Crippen molar-refractivity contribution in [1.82, 2.24) is 4.98 Å². The number of pyridine rings is 1. The van der Waals surface area contributed by atoms with Crippen LogP contribution in [0.25, 0.3) is 0 Å². The van der Waals surface area contributed by atoms with Crippen molar-refractivity contribution >= 4 is 22.6 Å². The van der Waals surface area contributed by atoms with Gasteiger partial charge < -0.3 is 10.6 Å². The number of nitrogens with two attached hydrogens (primary N) is 1. The molecule has 0 amide bonds. The number of hydrogen-bond acceptors (Lipinski definition) is 5. The molecule has 6 heteroatoms. The predicted octanol–water partition coefficient (Wildman–Crippen LogP) is 3.54. The van der Waals surface area contributed by atoms with E-state index < -0.39 is 5.54 Å². The van der Waals surface area contributed by atoms with Crippen LogP contribution in [0.3, 0.4) is 0 Å². The molecule has 0 fully saturated rings. The molecule has 3 rings (SSSR count). The Morgan fingerprint density at radius 1 is 1.32 bits per heavy atom. The molecule has 2 heterocycles. The number of aromatic nitrogens is 1. The van der Waals surface area contributed by atoms with E-state index in [4.69, 9.17) is 5.73 Å². The molecule has 1 aliphatic heterocycles.